The molecule has 0 N–H and O–H groups in total. The first kappa shape index (κ1) is 52.3. The minimum absolute atomic E-state index is 0. The fourth-order valence-electron chi connectivity index (χ4n) is 13.4. The molecule has 0 atom stereocenters. The van der Waals surface area contributed by atoms with Crippen LogP contribution in [0.3, 0.4) is 0 Å². The molecular formula is C34H90LiSi12. The van der Waals surface area contributed by atoms with Gasteiger partial charge in [0.2, 0.25) is 0 Å². The first-order valence-corrected chi connectivity index (χ1v) is 57.2. The van der Waals surface area contributed by atoms with Crippen molar-refractivity contribution in [1.29, 1.82) is 0 Å². The molecule has 0 bridgehead atoms. The summed E-state index contributed by atoms with van der Waals surface area (Å²) in [7, 11) is -12.4. The quantitative estimate of drug-likeness (QED) is 0.136. The van der Waals surface area contributed by atoms with Crippen LogP contribution in [0.2, 0.25) is 187 Å². The van der Waals surface area contributed by atoms with Gasteiger partial charge in [0, 0.05) is 72.2 Å². The van der Waals surface area contributed by atoms with Gasteiger partial charge in [-0.15, -0.1) is 7.59 Å². The van der Waals surface area contributed by atoms with Crippen molar-refractivity contribution in [3.63, 3.8) is 0 Å². The molecule has 0 unspecified atom stereocenters. The van der Waals surface area contributed by atoms with Crippen molar-refractivity contribution in [2.24, 2.45) is 0 Å². The molecule has 0 aromatic carbocycles. The summed E-state index contributed by atoms with van der Waals surface area (Å²) in [4.78, 5) is 4.48. The Morgan fingerprint density at radius 2 is 0.511 bits per heavy atom. The van der Waals surface area contributed by atoms with Gasteiger partial charge < -0.3 is 8.13 Å². The van der Waals surface area contributed by atoms with Gasteiger partial charge in [-0.25, -0.2) is 0 Å². The molecule has 47 heavy (non-hydrogen) atoms. The molecule has 0 heterocycles. The van der Waals surface area contributed by atoms with E-state index in [4.69, 9.17) is 0 Å². The van der Waals surface area contributed by atoms with Crippen LogP contribution in [0.15, 0.2) is 0 Å². The second-order valence-electron chi connectivity index (χ2n) is 25.1. The minimum atomic E-state index is -1.77. The van der Waals surface area contributed by atoms with Gasteiger partial charge in [-0.3, -0.25) is 8.13 Å². The van der Waals surface area contributed by atoms with Crippen molar-refractivity contribution in [1.82, 2.24) is 0 Å². The van der Waals surface area contributed by atoms with Gasteiger partial charge >= 0.3 is 18.9 Å². The Balaban J connectivity index is 0. The molecule has 0 fully saturated rings. The van der Waals surface area contributed by atoms with E-state index in [2.05, 4.69) is 185 Å². The van der Waals surface area contributed by atoms with Gasteiger partial charge in [0.15, 0.2) is 0 Å². The summed E-state index contributed by atoms with van der Waals surface area (Å²) in [6.07, 6.45) is 0. The molecule has 0 amide bonds. The van der Waals surface area contributed by atoms with Gasteiger partial charge in [-0.1, -0.05) is 215 Å². The summed E-state index contributed by atoms with van der Waals surface area (Å²) in [5.74, 6) is 0. The van der Waals surface area contributed by atoms with Gasteiger partial charge in [0.05, 0.1) is 0 Å². The van der Waals surface area contributed by atoms with E-state index < -0.39 is 79.8 Å². The largest absolute Gasteiger partial charge is 1.00 e. The predicted octanol–water partition coefficient (Wildman–Crippen LogP) is 10.5. The monoisotopic (exact) mass is 841 g/mol. The molecule has 0 aliphatic rings. The molecule has 0 spiro atoms. The van der Waals surface area contributed by atoms with Crippen molar-refractivity contribution in [3.8, 4) is 0 Å². The fourth-order valence-corrected chi connectivity index (χ4v) is 199. The first-order valence-electron chi connectivity index (χ1n) is 19.1. The molecule has 275 valence electrons. The van der Waals surface area contributed by atoms with E-state index in [1.54, 1.807) is 0 Å². The summed E-state index contributed by atoms with van der Waals surface area (Å²) >= 11 is 0. The summed E-state index contributed by atoms with van der Waals surface area (Å²) < 4.78 is 0. The Hall–Kier alpha value is 3.20. The second kappa shape index (κ2) is 16.5. The summed E-state index contributed by atoms with van der Waals surface area (Å²) in [6, 6.07) is 0. The van der Waals surface area contributed by atoms with E-state index in [9.17, 15) is 0 Å². The van der Waals surface area contributed by atoms with Crippen molar-refractivity contribution in [2.75, 3.05) is 0 Å². The zero-order valence-corrected chi connectivity index (χ0v) is 50.5. The summed E-state index contributed by atoms with van der Waals surface area (Å²) in [5.41, 5.74) is 1.83. The Morgan fingerprint density at radius 1 is 0.319 bits per heavy atom. The minimum Gasteiger partial charge on any atom is -0.463 e. The summed E-state index contributed by atoms with van der Waals surface area (Å²) in [6.45, 7) is 79.8. The number of hydrogen-bond donors (Lipinski definition) is 0. The van der Waals surface area contributed by atoms with Crippen molar-refractivity contribution in [3.05, 3.63) is 0 Å². The third-order valence-electron chi connectivity index (χ3n) is 11.2. The zero-order valence-electron chi connectivity index (χ0n) is 38.5. The molecule has 0 aliphatic heterocycles. The topological polar surface area (TPSA) is 0 Å². The maximum atomic E-state index is 2.85. The molecule has 13 heteroatoms. The van der Waals surface area contributed by atoms with E-state index in [0.29, 0.717) is 0 Å². The Labute approximate surface area is 327 Å². The maximum Gasteiger partial charge on any atom is 1.00 e. The van der Waals surface area contributed by atoms with E-state index in [-0.39, 0.29) is 18.9 Å². The van der Waals surface area contributed by atoms with E-state index >= 15 is 0 Å². The average molecular weight is 843 g/mol. The van der Waals surface area contributed by atoms with Crippen molar-refractivity contribution >= 4 is 96.0 Å². The third kappa shape index (κ3) is 12.4. The SMILES string of the molecule is CC(C)[Si]([Si]=[Si-][Si](C(C)C)(C([Si](C)(C)C)[Si](C)(C)C)C([Si](C)(C)C)[Si](C)(C)C)(C([Si](C)(C)C)[Si](C)(C)C)C([Si](C)(C)C)[Si](C)(C)C.[Li+]. The normalized spacial score (nSPS) is 16.1. The fraction of sp³-hybridized carbons (Fsp3) is 1.00. The van der Waals surface area contributed by atoms with Crippen LogP contribution in [0.25, 0.3) is 0 Å². The van der Waals surface area contributed by atoms with Crippen LogP contribution in [-0.4, -0.2) is 96.0 Å². The van der Waals surface area contributed by atoms with Crippen LogP contribution < -0.4 is 18.9 Å². The second-order valence-corrected chi connectivity index (χ2v) is 94.5. The van der Waals surface area contributed by atoms with Gasteiger partial charge in [-0.05, 0) is 0 Å². The standard InChI is InChI=1S/C34H90Si12.Li/c1-29(2)45(31(37(5,6)7)38(8,9)10,32(39(11,12)13)40(14,15)16)35-36-46(30(3)4,33(41(17,18)19)42(20,21)22)34(43(23,24)25)44(26,27)28;/h29-34H,1-28H3;/q-1;+1. The molecule has 0 aromatic rings. The average Bonchev–Trinajstić information content (AvgIpc) is 2.62. The predicted molar refractivity (Wildman–Crippen MR) is 255 cm³/mol. The first-order chi connectivity index (χ1) is 19.6. The smallest absolute Gasteiger partial charge is 0.463 e. The van der Waals surface area contributed by atoms with Crippen LogP contribution in [0.5, 0.6) is 0 Å². The Bertz CT molecular complexity index is 813. The molecule has 0 nitrogen and oxygen atoms in total. The third-order valence-corrected chi connectivity index (χ3v) is 116. The van der Waals surface area contributed by atoms with Crippen LogP contribution >= 0.6 is 0 Å². The molecule has 0 aliphatic carbocycles. The molecule has 0 saturated heterocycles. The van der Waals surface area contributed by atoms with Gasteiger partial charge in [-0.2, -0.15) is 0 Å². The zero-order chi connectivity index (χ0) is 37.9. The molecule has 1 radical (unpaired) electrons. The van der Waals surface area contributed by atoms with E-state index in [0.717, 1.165) is 30.2 Å². The Kier molecular flexibility index (Phi) is 18.4. The van der Waals surface area contributed by atoms with Crippen LogP contribution in [0, 0.1) is 0 Å². The molecule has 0 saturated carbocycles. The van der Waals surface area contributed by atoms with E-state index in [1.165, 1.54) is 16.3 Å². The van der Waals surface area contributed by atoms with Crippen molar-refractivity contribution in [2.45, 2.75) is 215 Å². The van der Waals surface area contributed by atoms with E-state index in [1.807, 2.05) is 0 Å². The maximum absolute atomic E-state index is 2.85. The number of rotatable bonds is 16. The van der Waals surface area contributed by atoms with Gasteiger partial charge in [0.25, 0.3) is 0 Å². The van der Waals surface area contributed by atoms with Crippen LogP contribution in [-0.2, 0) is 0 Å². The molecule has 0 rings (SSSR count). The van der Waals surface area contributed by atoms with Crippen molar-refractivity contribution < 1.29 is 18.9 Å². The molecular weight excluding hydrogens is 752 g/mol. The molecule has 0 aromatic heterocycles. The number of hydrogen-bond acceptors (Lipinski definition) is 0. The van der Waals surface area contributed by atoms with Crippen LogP contribution in [0.1, 0.15) is 27.7 Å². The van der Waals surface area contributed by atoms with Gasteiger partial charge in [0.1, 0.15) is 0 Å². The Morgan fingerprint density at radius 3 is 0.638 bits per heavy atom. The summed E-state index contributed by atoms with van der Waals surface area (Å²) in [5, 5.41) is 0. The van der Waals surface area contributed by atoms with Crippen LogP contribution in [0.4, 0.5) is 0 Å².